The summed E-state index contributed by atoms with van der Waals surface area (Å²) in [6.45, 7) is 18.2. The molecule has 0 nitrogen and oxygen atoms in total. The van der Waals surface area contributed by atoms with Gasteiger partial charge in [-0.3, -0.25) is 0 Å². The van der Waals surface area contributed by atoms with Crippen LogP contribution in [0.2, 0.25) is 0 Å². The summed E-state index contributed by atoms with van der Waals surface area (Å²) in [5, 5.41) is 0. The molecule has 0 heterocycles. The van der Waals surface area contributed by atoms with Gasteiger partial charge in [0.25, 0.3) is 0 Å². The summed E-state index contributed by atoms with van der Waals surface area (Å²) < 4.78 is 0. The summed E-state index contributed by atoms with van der Waals surface area (Å²) >= 11 is 0. The van der Waals surface area contributed by atoms with E-state index in [-0.39, 0.29) is 0 Å². The smallest absolute Gasteiger partial charge is 0.0171 e. The predicted octanol–water partition coefficient (Wildman–Crippen LogP) is 5.22. The van der Waals surface area contributed by atoms with E-state index < -0.39 is 0 Å². The van der Waals surface area contributed by atoms with Crippen LogP contribution in [0, 0.1) is 5.92 Å². The second-order valence-electron chi connectivity index (χ2n) is 4.12. The Balaban J connectivity index is 4.70. The molecular weight excluding hydrogens is 192 g/mol. The molecule has 1 unspecified atom stereocenters. The van der Waals surface area contributed by atoms with Gasteiger partial charge in [-0.05, 0) is 43.8 Å². The Labute approximate surface area is 101 Å². The third kappa shape index (κ3) is 4.97. The highest BCUT2D eigenvalue weighted by atomic mass is 14.1. The summed E-state index contributed by atoms with van der Waals surface area (Å²) in [4.78, 5) is 0. The van der Waals surface area contributed by atoms with E-state index in [0.29, 0.717) is 5.92 Å². The van der Waals surface area contributed by atoms with E-state index in [2.05, 4.69) is 39.7 Å². The van der Waals surface area contributed by atoms with Crippen molar-refractivity contribution < 1.29 is 0 Å². The highest BCUT2D eigenvalue weighted by molar-refractivity contribution is 5.40. The van der Waals surface area contributed by atoms with Gasteiger partial charge in [0.2, 0.25) is 0 Å². The van der Waals surface area contributed by atoms with E-state index in [1.807, 2.05) is 25.2 Å². The van der Waals surface area contributed by atoms with Crippen molar-refractivity contribution in [2.75, 3.05) is 0 Å². The molecule has 0 N–H and O–H groups in total. The first kappa shape index (κ1) is 14.7. The van der Waals surface area contributed by atoms with Crippen molar-refractivity contribution in [3.8, 4) is 0 Å². The van der Waals surface area contributed by atoms with Crippen LogP contribution in [-0.4, -0.2) is 0 Å². The van der Waals surface area contributed by atoms with Crippen molar-refractivity contribution in [2.24, 2.45) is 5.92 Å². The molecule has 0 aromatic rings. The van der Waals surface area contributed by atoms with Gasteiger partial charge in [0.1, 0.15) is 0 Å². The fourth-order valence-electron chi connectivity index (χ4n) is 1.68. The van der Waals surface area contributed by atoms with Gasteiger partial charge in [0, 0.05) is 0 Å². The molecule has 0 radical (unpaired) electrons. The topological polar surface area (TPSA) is 0 Å². The minimum atomic E-state index is 0.533. The molecule has 0 fully saturated rings. The van der Waals surface area contributed by atoms with Gasteiger partial charge in [-0.1, -0.05) is 56.5 Å². The Morgan fingerprint density at radius 3 is 2.31 bits per heavy atom. The predicted molar refractivity (Wildman–Crippen MR) is 75.4 cm³/mol. The molecule has 1 atom stereocenters. The van der Waals surface area contributed by atoms with Gasteiger partial charge >= 0.3 is 0 Å². The van der Waals surface area contributed by atoms with Crippen molar-refractivity contribution in [1.29, 1.82) is 0 Å². The van der Waals surface area contributed by atoms with Gasteiger partial charge in [-0.2, -0.15) is 0 Å². The van der Waals surface area contributed by atoms with E-state index in [1.165, 1.54) is 5.57 Å². The Morgan fingerprint density at radius 1 is 1.31 bits per heavy atom. The molecule has 0 heteroatoms. The molecule has 0 aliphatic carbocycles. The van der Waals surface area contributed by atoms with Gasteiger partial charge in [0.05, 0.1) is 0 Å². The lowest BCUT2D eigenvalue weighted by Gasteiger charge is -2.17. The SMILES string of the molecule is C=C/C=C(\C=C/C)C(=C)CC(CC)C(=C)C. The highest BCUT2D eigenvalue weighted by Crippen LogP contribution is 2.25. The molecule has 0 bridgehead atoms. The fraction of sp³-hybridized carbons (Fsp3) is 0.375. The summed E-state index contributed by atoms with van der Waals surface area (Å²) in [6, 6.07) is 0. The molecule has 0 aliphatic heterocycles. The molecule has 0 saturated carbocycles. The average molecular weight is 216 g/mol. The normalized spacial score (nSPS) is 13.8. The van der Waals surface area contributed by atoms with Gasteiger partial charge in [-0.25, -0.2) is 0 Å². The highest BCUT2D eigenvalue weighted by Gasteiger charge is 2.10. The van der Waals surface area contributed by atoms with Crippen LogP contribution >= 0.6 is 0 Å². The Kier molecular flexibility index (Phi) is 7.28. The lowest BCUT2D eigenvalue weighted by atomic mass is 9.89. The second kappa shape index (κ2) is 7.92. The van der Waals surface area contributed by atoms with Crippen LogP contribution in [0.5, 0.6) is 0 Å². The van der Waals surface area contributed by atoms with Crippen molar-refractivity contribution in [3.05, 3.63) is 60.8 Å². The van der Waals surface area contributed by atoms with Crippen LogP contribution < -0.4 is 0 Å². The first-order chi connectivity index (χ1) is 7.56. The van der Waals surface area contributed by atoms with Gasteiger partial charge < -0.3 is 0 Å². The minimum absolute atomic E-state index is 0.533. The van der Waals surface area contributed by atoms with Crippen LogP contribution in [0.1, 0.15) is 33.6 Å². The molecule has 0 aromatic carbocycles. The van der Waals surface area contributed by atoms with Crippen LogP contribution in [0.4, 0.5) is 0 Å². The zero-order chi connectivity index (χ0) is 12.6. The summed E-state index contributed by atoms with van der Waals surface area (Å²) in [6.07, 6.45) is 10.0. The molecule has 16 heavy (non-hydrogen) atoms. The minimum Gasteiger partial charge on any atom is -0.0998 e. The van der Waals surface area contributed by atoms with E-state index in [0.717, 1.165) is 24.0 Å². The lowest BCUT2D eigenvalue weighted by molar-refractivity contribution is 0.591. The molecule has 0 spiro atoms. The molecule has 0 rings (SSSR count). The van der Waals surface area contributed by atoms with Gasteiger partial charge in [0.15, 0.2) is 0 Å². The summed E-state index contributed by atoms with van der Waals surface area (Å²) in [5.41, 5.74) is 3.56. The quantitative estimate of drug-likeness (QED) is 0.404. The van der Waals surface area contributed by atoms with Crippen molar-refractivity contribution in [2.45, 2.75) is 33.6 Å². The number of hydrogen-bond acceptors (Lipinski definition) is 0. The third-order valence-corrected chi connectivity index (χ3v) is 2.73. The van der Waals surface area contributed by atoms with E-state index in [1.54, 1.807) is 0 Å². The van der Waals surface area contributed by atoms with Crippen molar-refractivity contribution in [3.63, 3.8) is 0 Å². The standard InChI is InChI=1S/C16H24/c1-7-10-16(11-8-2)14(6)12-15(9-3)13(4)5/h7-8,10-11,15H,1,4,6,9,12H2,2-3,5H3/b11-8-,16-10+. The van der Waals surface area contributed by atoms with Gasteiger partial charge in [-0.15, -0.1) is 0 Å². The Hall–Kier alpha value is -1.30. The lowest BCUT2D eigenvalue weighted by Crippen LogP contribution is -2.02. The molecule has 0 aromatic heterocycles. The molecule has 88 valence electrons. The second-order valence-corrected chi connectivity index (χ2v) is 4.12. The van der Waals surface area contributed by atoms with Crippen LogP contribution in [0.3, 0.4) is 0 Å². The van der Waals surface area contributed by atoms with E-state index in [4.69, 9.17) is 0 Å². The number of hydrogen-bond donors (Lipinski definition) is 0. The first-order valence-corrected chi connectivity index (χ1v) is 5.85. The zero-order valence-corrected chi connectivity index (χ0v) is 10.9. The largest absolute Gasteiger partial charge is 0.0998 e. The number of rotatable bonds is 7. The van der Waals surface area contributed by atoms with Crippen molar-refractivity contribution in [1.82, 2.24) is 0 Å². The maximum absolute atomic E-state index is 4.15. The van der Waals surface area contributed by atoms with E-state index >= 15 is 0 Å². The Morgan fingerprint density at radius 2 is 1.94 bits per heavy atom. The first-order valence-electron chi connectivity index (χ1n) is 5.85. The molecule has 0 saturated heterocycles. The maximum Gasteiger partial charge on any atom is -0.0171 e. The fourth-order valence-corrected chi connectivity index (χ4v) is 1.68. The van der Waals surface area contributed by atoms with Crippen LogP contribution in [0.25, 0.3) is 0 Å². The van der Waals surface area contributed by atoms with E-state index in [9.17, 15) is 0 Å². The summed E-state index contributed by atoms with van der Waals surface area (Å²) in [7, 11) is 0. The van der Waals surface area contributed by atoms with Crippen LogP contribution in [-0.2, 0) is 0 Å². The molecular formula is C16H24. The zero-order valence-electron chi connectivity index (χ0n) is 10.9. The summed E-state index contributed by atoms with van der Waals surface area (Å²) in [5.74, 6) is 0.533. The monoisotopic (exact) mass is 216 g/mol. The molecule has 0 amide bonds. The Bertz CT molecular complexity index is 313. The van der Waals surface area contributed by atoms with Crippen molar-refractivity contribution >= 4 is 0 Å². The number of allylic oxidation sites excluding steroid dienone is 7. The maximum atomic E-state index is 4.15. The average Bonchev–Trinajstić information content (AvgIpc) is 2.24. The van der Waals surface area contributed by atoms with Crippen LogP contribution in [0.15, 0.2) is 60.8 Å². The molecule has 0 aliphatic rings. The third-order valence-electron chi connectivity index (χ3n) is 2.73.